The van der Waals surface area contributed by atoms with Crippen molar-refractivity contribution in [1.82, 2.24) is 9.97 Å². The van der Waals surface area contributed by atoms with Crippen LogP contribution in [-0.4, -0.2) is 16.0 Å². The van der Waals surface area contributed by atoms with E-state index < -0.39 is 0 Å². The van der Waals surface area contributed by atoms with Crippen LogP contribution >= 0.6 is 22.9 Å². The summed E-state index contributed by atoms with van der Waals surface area (Å²) in [5, 5.41) is 5.69. The summed E-state index contributed by atoms with van der Waals surface area (Å²) < 4.78 is 1.05. The lowest BCUT2D eigenvalue weighted by Crippen LogP contribution is -2.19. The van der Waals surface area contributed by atoms with Crippen LogP contribution in [0.3, 0.4) is 0 Å². The summed E-state index contributed by atoms with van der Waals surface area (Å²) in [6.45, 7) is 6.75. The van der Waals surface area contributed by atoms with E-state index in [0.29, 0.717) is 6.04 Å². The number of allylic oxidation sites excluding steroid dienone is 1. The summed E-state index contributed by atoms with van der Waals surface area (Å²) in [5.41, 5.74) is 8.85. The number of hydrogen-bond donors (Lipinski definition) is 2. The number of nitrogens with zero attached hydrogens (tertiary/aromatic N) is 2. The molecule has 1 aliphatic carbocycles. The number of nitrogens with one attached hydrogen (secondary N) is 1. The molecule has 4 rings (SSSR count). The topological polar surface area (TPSA) is 63.8 Å². The smallest absolute Gasteiger partial charge is 0.224 e. The van der Waals surface area contributed by atoms with Gasteiger partial charge in [0.2, 0.25) is 5.28 Å². The summed E-state index contributed by atoms with van der Waals surface area (Å²) >= 11 is 7.62. The number of rotatable bonds is 3. The molecule has 0 saturated heterocycles. The van der Waals surface area contributed by atoms with Crippen LogP contribution in [-0.2, 0) is 6.54 Å². The van der Waals surface area contributed by atoms with Gasteiger partial charge in [0.15, 0.2) is 0 Å². The van der Waals surface area contributed by atoms with Crippen LogP contribution in [0.15, 0.2) is 47.9 Å². The molecule has 150 valence electrons. The molecule has 28 heavy (non-hydrogen) atoms. The van der Waals surface area contributed by atoms with Crippen molar-refractivity contribution < 1.29 is 0 Å². The minimum Gasteiger partial charge on any atom is -0.365 e. The standard InChI is InChI=1S/C14H12ClN3S.C6H11N.C2H6/c1-9-8-19-12-11(9)17-14(15)18-13(12)16-7-10-5-3-2-4-6-10;7-6-4-2-1-3-5-6;1-2/h2-6,8H,7H2,1H3,(H,16,17,18);1-2,6H,3-5,7H2;1-2H3. The van der Waals surface area contributed by atoms with Gasteiger partial charge in [-0.3, -0.25) is 0 Å². The number of anilines is 1. The molecule has 0 radical (unpaired) electrons. The van der Waals surface area contributed by atoms with E-state index in [1.165, 1.54) is 18.4 Å². The highest BCUT2D eigenvalue weighted by Gasteiger charge is 2.10. The Morgan fingerprint density at radius 2 is 1.93 bits per heavy atom. The van der Waals surface area contributed by atoms with E-state index in [4.69, 9.17) is 17.3 Å². The monoisotopic (exact) mass is 416 g/mol. The number of aromatic nitrogens is 2. The van der Waals surface area contributed by atoms with Crippen LogP contribution < -0.4 is 11.1 Å². The quantitative estimate of drug-likeness (QED) is 0.386. The summed E-state index contributed by atoms with van der Waals surface area (Å²) in [4.78, 5) is 8.56. The molecule has 3 aromatic rings. The van der Waals surface area contributed by atoms with Gasteiger partial charge in [0, 0.05) is 12.6 Å². The molecule has 1 unspecified atom stereocenters. The normalized spacial score (nSPS) is 15.2. The summed E-state index contributed by atoms with van der Waals surface area (Å²) in [6, 6.07) is 10.7. The van der Waals surface area contributed by atoms with E-state index in [1.807, 2.05) is 39.0 Å². The van der Waals surface area contributed by atoms with Crippen LogP contribution in [0.1, 0.15) is 44.2 Å². The van der Waals surface area contributed by atoms with Crippen molar-refractivity contribution in [2.24, 2.45) is 5.73 Å². The van der Waals surface area contributed by atoms with Gasteiger partial charge >= 0.3 is 0 Å². The Morgan fingerprint density at radius 1 is 1.18 bits per heavy atom. The van der Waals surface area contributed by atoms with E-state index in [1.54, 1.807) is 11.3 Å². The molecular formula is C22H29ClN4S. The molecule has 4 nitrogen and oxygen atoms in total. The molecule has 3 N–H and O–H groups in total. The summed E-state index contributed by atoms with van der Waals surface area (Å²) in [5.74, 6) is 0.803. The predicted molar refractivity (Wildman–Crippen MR) is 123 cm³/mol. The average Bonchev–Trinajstić information content (AvgIpc) is 3.10. The van der Waals surface area contributed by atoms with Crippen LogP contribution in [0, 0.1) is 6.92 Å². The number of fused-ring (bicyclic) bond motifs is 1. The van der Waals surface area contributed by atoms with Gasteiger partial charge in [0.25, 0.3) is 0 Å². The Bertz CT molecular complexity index is 877. The Morgan fingerprint density at radius 3 is 2.54 bits per heavy atom. The third kappa shape index (κ3) is 6.59. The van der Waals surface area contributed by atoms with Crippen LogP contribution in [0.5, 0.6) is 0 Å². The van der Waals surface area contributed by atoms with Crippen LogP contribution in [0.25, 0.3) is 10.2 Å². The van der Waals surface area contributed by atoms with E-state index in [0.717, 1.165) is 34.6 Å². The first-order chi connectivity index (χ1) is 13.6. The number of thiophene rings is 1. The first-order valence-electron chi connectivity index (χ1n) is 9.73. The van der Waals surface area contributed by atoms with E-state index >= 15 is 0 Å². The second kappa shape index (κ2) is 11.8. The Kier molecular flexibility index (Phi) is 9.41. The summed E-state index contributed by atoms with van der Waals surface area (Å²) in [7, 11) is 0. The fourth-order valence-electron chi connectivity index (χ4n) is 2.72. The third-order valence-electron chi connectivity index (χ3n) is 4.18. The molecule has 0 aliphatic heterocycles. The predicted octanol–water partition coefficient (Wildman–Crippen LogP) is 6.35. The minimum atomic E-state index is 0.282. The fraction of sp³-hybridized carbons (Fsp3) is 0.364. The lowest BCUT2D eigenvalue weighted by molar-refractivity contribution is 0.606. The second-order valence-electron chi connectivity index (χ2n) is 6.32. The van der Waals surface area contributed by atoms with E-state index in [-0.39, 0.29) is 5.28 Å². The number of aryl methyl sites for hydroxylation is 1. The van der Waals surface area contributed by atoms with Crippen molar-refractivity contribution in [3.8, 4) is 0 Å². The lowest BCUT2D eigenvalue weighted by atomic mass is 10.0. The Hall–Kier alpha value is -1.95. The fourth-order valence-corrected chi connectivity index (χ4v) is 3.85. The first kappa shape index (κ1) is 22.3. The number of halogens is 1. The molecule has 0 bridgehead atoms. The molecule has 2 heterocycles. The van der Waals surface area contributed by atoms with Gasteiger partial charge in [-0.15, -0.1) is 11.3 Å². The Labute approximate surface area is 176 Å². The summed E-state index contributed by atoms with van der Waals surface area (Å²) in [6.07, 6.45) is 7.80. The zero-order chi connectivity index (χ0) is 20.4. The van der Waals surface area contributed by atoms with Gasteiger partial charge in [-0.25, -0.2) is 4.98 Å². The van der Waals surface area contributed by atoms with Gasteiger partial charge < -0.3 is 11.1 Å². The highest BCUT2D eigenvalue weighted by Crippen LogP contribution is 2.30. The van der Waals surface area contributed by atoms with Crippen LogP contribution in [0.4, 0.5) is 5.82 Å². The van der Waals surface area contributed by atoms with Gasteiger partial charge in [0.1, 0.15) is 5.82 Å². The highest BCUT2D eigenvalue weighted by molar-refractivity contribution is 7.18. The van der Waals surface area contributed by atoms with Crippen molar-refractivity contribution in [2.75, 3.05) is 5.32 Å². The third-order valence-corrected chi connectivity index (χ3v) is 5.44. The number of benzene rings is 1. The highest BCUT2D eigenvalue weighted by atomic mass is 35.5. The lowest BCUT2D eigenvalue weighted by Gasteiger charge is -2.09. The molecule has 0 saturated carbocycles. The molecule has 1 aliphatic rings. The van der Waals surface area contributed by atoms with Crippen molar-refractivity contribution in [3.63, 3.8) is 0 Å². The van der Waals surface area contributed by atoms with Crippen LogP contribution in [0.2, 0.25) is 5.28 Å². The van der Waals surface area contributed by atoms with Crippen molar-refractivity contribution in [2.45, 2.75) is 52.6 Å². The molecule has 0 spiro atoms. The van der Waals surface area contributed by atoms with Gasteiger partial charge in [0.05, 0.1) is 10.2 Å². The zero-order valence-corrected chi connectivity index (χ0v) is 18.4. The number of hydrogen-bond acceptors (Lipinski definition) is 5. The minimum absolute atomic E-state index is 0.282. The SMILES string of the molecule is CC.Cc1csc2c(NCc3ccccc3)nc(Cl)nc12.NC1CC=CCC1. The van der Waals surface area contributed by atoms with Gasteiger partial charge in [-0.1, -0.05) is 56.3 Å². The Balaban J connectivity index is 0.000000261. The van der Waals surface area contributed by atoms with E-state index in [2.05, 4.69) is 44.9 Å². The largest absolute Gasteiger partial charge is 0.365 e. The van der Waals surface area contributed by atoms with E-state index in [9.17, 15) is 0 Å². The van der Waals surface area contributed by atoms with Gasteiger partial charge in [-0.05, 0) is 54.3 Å². The molecule has 6 heteroatoms. The maximum absolute atomic E-state index is 5.98. The maximum atomic E-state index is 5.98. The molecular weight excluding hydrogens is 388 g/mol. The van der Waals surface area contributed by atoms with Gasteiger partial charge in [-0.2, -0.15) is 4.98 Å². The molecule has 2 aromatic heterocycles. The molecule has 0 fully saturated rings. The molecule has 0 amide bonds. The molecule has 1 atom stereocenters. The number of nitrogens with two attached hydrogens (primary N) is 1. The zero-order valence-electron chi connectivity index (χ0n) is 16.8. The van der Waals surface area contributed by atoms with Crippen molar-refractivity contribution in [1.29, 1.82) is 0 Å². The van der Waals surface area contributed by atoms with Crippen molar-refractivity contribution >= 4 is 39.0 Å². The second-order valence-corrected chi connectivity index (χ2v) is 7.54. The average molecular weight is 417 g/mol. The molecule has 1 aromatic carbocycles. The van der Waals surface area contributed by atoms with Crippen molar-refractivity contribution in [3.05, 3.63) is 64.3 Å². The maximum Gasteiger partial charge on any atom is 0.224 e. The first-order valence-corrected chi connectivity index (χ1v) is 11.0.